The maximum Gasteiger partial charge on any atom is 0.305 e. The molecule has 0 radical (unpaired) electrons. The monoisotopic (exact) mass is 434 g/mol. The molecule has 3 aromatic heterocycles. The molecule has 3 heterocycles. The Morgan fingerprint density at radius 1 is 1.09 bits per heavy atom. The highest BCUT2D eigenvalue weighted by Crippen LogP contribution is 2.23. The number of fused-ring (bicyclic) bond motifs is 1. The lowest BCUT2D eigenvalue weighted by molar-refractivity contribution is -0.137. The molecule has 0 saturated heterocycles. The zero-order valence-corrected chi connectivity index (χ0v) is 18.5. The summed E-state index contributed by atoms with van der Waals surface area (Å²) in [7, 11) is 1.55. The minimum absolute atomic E-state index is 0.0613. The van der Waals surface area contributed by atoms with Gasteiger partial charge in [-0.3, -0.25) is 14.5 Å². The normalized spacial score (nSPS) is 14.4. The minimum atomic E-state index is -0.878. The first-order valence-corrected chi connectivity index (χ1v) is 11.4. The fourth-order valence-electron chi connectivity index (χ4n) is 4.32. The van der Waals surface area contributed by atoms with Gasteiger partial charge in [0.25, 0.3) is 0 Å². The van der Waals surface area contributed by atoms with Crippen LogP contribution in [0.25, 0.3) is 0 Å². The number of carboxylic acids is 1. The van der Waals surface area contributed by atoms with Gasteiger partial charge in [0.05, 0.1) is 25.3 Å². The van der Waals surface area contributed by atoms with E-state index < -0.39 is 12.0 Å². The number of nitrogens with zero attached hydrogens (tertiary/aromatic N) is 4. The van der Waals surface area contributed by atoms with Crippen molar-refractivity contribution < 1.29 is 14.6 Å². The number of aromatic nitrogens is 4. The molecule has 0 saturated carbocycles. The van der Waals surface area contributed by atoms with E-state index >= 15 is 0 Å². The van der Waals surface area contributed by atoms with Gasteiger partial charge < -0.3 is 9.84 Å². The molecule has 1 atom stereocenters. The predicted octanol–water partition coefficient (Wildman–Crippen LogP) is 4.19. The highest BCUT2D eigenvalue weighted by molar-refractivity contribution is 5.68. The molecule has 7 heteroatoms. The van der Waals surface area contributed by atoms with Crippen LogP contribution in [0.1, 0.15) is 66.4 Å². The zero-order chi connectivity index (χ0) is 22.3. The summed E-state index contributed by atoms with van der Waals surface area (Å²) in [5, 5.41) is 14.1. The van der Waals surface area contributed by atoms with Crippen molar-refractivity contribution >= 4 is 5.97 Å². The van der Waals surface area contributed by atoms with Crippen LogP contribution in [0.2, 0.25) is 0 Å². The third-order valence-electron chi connectivity index (χ3n) is 6.06. The van der Waals surface area contributed by atoms with E-state index in [0.717, 1.165) is 49.1 Å². The minimum Gasteiger partial charge on any atom is -0.481 e. The van der Waals surface area contributed by atoms with Crippen LogP contribution in [0.15, 0.2) is 42.7 Å². The summed E-state index contributed by atoms with van der Waals surface area (Å²) in [5.74, 6) is -0.382. The van der Waals surface area contributed by atoms with Crippen LogP contribution in [0.3, 0.4) is 0 Å². The Kier molecular flexibility index (Phi) is 7.14. The Hall–Kier alpha value is -3.22. The Balaban J connectivity index is 1.39. The average Bonchev–Trinajstić information content (AvgIpc) is 3.14. The standard InChI is InChI=1S/C25H30N4O3/c1-32-24-13-11-19(17-26-24)23(16-25(30)31)29-15-14-21(28-29)8-5-7-20-12-10-18-6-3-2-4-9-22(18)27-20/h10-15,17,23H,2-9,16H2,1H3,(H,30,31). The molecule has 7 nitrogen and oxygen atoms in total. The van der Waals surface area contributed by atoms with Crippen LogP contribution in [0.5, 0.6) is 5.88 Å². The van der Waals surface area contributed by atoms with Crippen LogP contribution in [0.4, 0.5) is 0 Å². The van der Waals surface area contributed by atoms with Crippen molar-refractivity contribution in [2.24, 2.45) is 0 Å². The molecule has 0 amide bonds. The summed E-state index contributed by atoms with van der Waals surface area (Å²) in [6.45, 7) is 0. The molecule has 0 bridgehead atoms. The molecule has 168 valence electrons. The van der Waals surface area contributed by atoms with Crippen LogP contribution in [0, 0.1) is 0 Å². The molecule has 3 aromatic rings. The maximum atomic E-state index is 11.4. The lowest BCUT2D eigenvalue weighted by atomic mass is 10.1. The Morgan fingerprint density at radius 3 is 2.72 bits per heavy atom. The fourth-order valence-corrected chi connectivity index (χ4v) is 4.32. The summed E-state index contributed by atoms with van der Waals surface area (Å²) in [4.78, 5) is 20.6. The quantitative estimate of drug-likeness (QED) is 0.508. The van der Waals surface area contributed by atoms with E-state index in [1.54, 1.807) is 24.1 Å². The number of aliphatic carboxylic acids is 1. The van der Waals surface area contributed by atoms with Crippen molar-refractivity contribution in [1.82, 2.24) is 19.7 Å². The molecule has 4 rings (SSSR count). The molecule has 1 aliphatic rings. The van der Waals surface area contributed by atoms with E-state index in [-0.39, 0.29) is 6.42 Å². The SMILES string of the molecule is COc1ccc(C(CC(=O)O)n2ccc(CCCc3ccc4c(n3)CCCCC4)n2)cn1. The van der Waals surface area contributed by atoms with Gasteiger partial charge in [-0.1, -0.05) is 12.5 Å². The van der Waals surface area contributed by atoms with E-state index in [2.05, 4.69) is 22.2 Å². The molecule has 0 aliphatic heterocycles. The molecule has 0 aromatic carbocycles. The van der Waals surface area contributed by atoms with E-state index in [1.807, 2.05) is 18.3 Å². The van der Waals surface area contributed by atoms with E-state index in [9.17, 15) is 9.90 Å². The highest BCUT2D eigenvalue weighted by atomic mass is 16.5. The second kappa shape index (κ2) is 10.4. The summed E-state index contributed by atoms with van der Waals surface area (Å²) < 4.78 is 6.83. The van der Waals surface area contributed by atoms with E-state index in [1.165, 1.54) is 30.5 Å². The predicted molar refractivity (Wildman–Crippen MR) is 121 cm³/mol. The molecule has 32 heavy (non-hydrogen) atoms. The molecule has 1 N–H and O–H groups in total. The molecule has 0 spiro atoms. The zero-order valence-electron chi connectivity index (χ0n) is 18.5. The number of rotatable bonds is 9. The second-order valence-electron chi connectivity index (χ2n) is 8.36. The molecule has 1 aliphatic carbocycles. The van der Waals surface area contributed by atoms with Gasteiger partial charge in [0, 0.05) is 29.8 Å². The lowest BCUT2D eigenvalue weighted by Gasteiger charge is -2.16. The Morgan fingerprint density at radius 2 is 1.94 bits per heavy atom. The van der Waals surface area contributed by atoms with Crippen molar-refractivity contribution in [3.05, 3.63) is 70.9 Å². The number of aryl methyl sites for hydroxylation is 4. The Labute approximate surface area is 188 Å². The third kappa shape index (κ3) is 5.52. The van der Waals surface area contributed by atoms with Gasteiger partial charge in [0.2, 0.25) is 5.88 Å². The van der Waals surface area contributed by atoms with Crippen LogP contribution >= 0.6 is 0 Å². The van der Waals surface area contributed by atoms with Crippen molar-refractivity contribution in [2.45, 2.75) is 63.8 Å². The fraction of sp³-hybridized carbons (Fsp3) is 0.440. The number of pyridine rings is 2. The van der Waals surface area contributed by atoms with Gasteiger partial charge >= 0.3 is 5.97 Å². The maximum absolute atomic E-state index is 11.4. The number of hydrogen-bond acceptors (Lipinski definition) is 5. The van der Waals surface area contributed by atoms with Gasteiger partial charge in [-0.05, 0) is 74.3 Å². The van der Waals surface area contributed by atoms with Crippen molar-refractivity contribution in [3.8, 4) is 5.88 Å². The first-order valence-electron chi connectivity index (χ1n) is 11.4. The summed E-state index contributed by atoms with van der Waals surface area (Å²) in [6, 6.07) is 9.56. The van der Waals surface area contributed by atoms with Crippen molar-refractivity contribution in [1.29, 1.82) is 0 Å². The molecule has 1 unspecified atom stereocenters. The van der Waals surface area contributed by atoms with Crippen molar-refractivity contribution in [3.63, 3.8) is 0 Å². The molecular formula is C25H30N4O3. The lowest BCUT2D eigenvalue weighted by Crippen LogP contribution is -2.16. The smallest absolute Gasteiger partial charge is 0.305 e. The molecule has 0 fully saturated rings. The Bertz CT molecular complexity index is 1050. The first kappa shape index (κ1) is 22.0. The van der Waals surface area contributed by atoms with Gasteiger partial charge in [-0.2, -0.15) is 5.10 Å². The largest absolute Gasteiger partial charge is 0.481 e. The topological polar surface area (TPSA) is 90.1 Å². The summed E-state index contributed by atoms with van der Waals surface area (Å²) >= 11 is 0. The van der Waals surface area contributed by atoms with Gasteiger partial charge in [-0.25, -0.2) is 4.98 Å². The number of hydrogen-bond donors (Lipinski definition) is 1. The summed E-state index contributed by atoms with van der Waals surface area (Å²) in [5.41, 5.74) is 5.60. The number of ether oxygens (including phenoxy) is 1. The van der Waals surface area contributed by atoms with E-state index in [0.29, 0.717) is 5.88 Å². The van der Waals surface area contributed by atoms with Gasteiger partial charge in [0.15, 0.2) is 0 Å². The number of carboxylic acid groups (broad SMARTS) is 1. The number of carbonyl (C=O) groups is 1. The second-order valence-corrected chi connectivity index (χ2v) is 8.36. The van der Waals surface area contributed by atoms with Crippen molar-refractivity contribution in [2.75, 3.05) is 7.11 Å². The number of methoxy groups -OCH3 is 1. The summed E-state index contributed by atoms with van der Waals surface area (Å²) in [6.07, 6.45) is 12.2. The molecular weight excluding hydrogens is 404 g/mol. The highest BCUT2D eigenvalue weighted by Gasteiger charge is 2.19. The van der Waals surface area contributed by atoms with E-state index in [4.69, 9.17) is 9.72 Å². The first-order chi connectivity index (χ1) is 15.6. The van der Waals surface area contributed by atoms with Crippen LogP contribution in [-0.2, 0) is 30.5 Å². The van der Waals surface area contributed by atoms with Gasteiger partial charge in [0.1, 0.15) is 0 Å². The average molecular weight is 435 g/mol. The van der Waals surface area contributed by atoms with Gasteiger partial charge in [-0.15, -0.1) is 0 Å². The van der Waals surface area contributed by atoms with Crippen LogP contribution < -0.4 is 4.74 Å². The third-order valence-corrected chi connectivity index (χ3v) is 6.06. The van der Waals surface area contributed by atoms with Crippen LogP contribution in [-0.4, -0.2) is 37.9 Å².